The highest BCUT2D eigenvalue weighted by Crippen LogP contribution is 2.42. The van der Waals surface area contributed by atoms with E-state index in [1.54, 1.807) is 20.0 Å². The first-order valence-electron chi connectivity index (χ1n) is 10.1. The van der Waals surface area contributed by atoms with Crippen LogP contribution in [0.4, 0.5) is 13.2 Å². The summed E-state index contributed by atoms with van der Waals surface area (Å²) in [5, 5.41) is 11.0. The summed E-state index contributed by atoms with van der Waals surface area (Å²) in [7, 11) is 0. The predicted octanol–water partition coefficient (Wildman–Crippen LogP) is 2.63. The third-order valence-electron chi connectivity index (χ3n) is 5.66. The molecule has 4 heterocycles. The molecule has 0 bridgehead atoms. The maximum atomic E-state index is 13.0. The van der Waals surface area contributed by atoms with E-state index in [2.05, 4.69) is 10.1 Å². The van der Waals surface area contributed by atoms with Crippen molar-refractivity contribution in [2.75, 3.05) is 32.9 Å². The average molecular weight is 471 g/mol. The molecule has 2 aromatic heterocycles. The van der Waals surface area contributed by atoms with Crippen LogP contribution in [-0.2, 0) is 20.9 Å². The van der Waals surface area contributed by atoms with Crippen molar-refractivity contribution in [2.24, 2.45) is 11.3 Å². The van der Waals surface area contributed by atoms with Crippen molar-refractivity contribution in [3.8, 4) is 0 Å². The molecule has 9 nitrogen and oxygen atoms in total. The van der Waals surface area contributed by atoms with Gasteiger partial charge in [-0.25, -0.2) is 4.79 Å². The van der Waals surface area contributed by atoms with Crippen molar-refractivity contribution in [1.82, 2.24) is 15.0 Å². The van der Waals surface area contributed by atoms with E-state index in [1.807, 2.05) is 23.1 Å². The number of pyridine rings is 1. The number of hydrogen-bond donors (Lipinski definition) is 1. The number of carbonyl (C=O) groups excluding carboxylic acids is 1. The Bertz CT molecular complexity index is 962. The molecule has 1 amide bonds. The van der Waals surface area contributed by atoms with Gasteiger partial charge in [0.2, 0.25) is 0 Å². The van der Waals surface area contributed by atoms with Gasteiger partial charge in [-0.3, -0.25) is 9.78 Å². The maximum absolute atomic E-state index is 13.0. The molecule has 0 aliphatic carbocycles. The van der Waals surface area contributed by atoms with Gasteiger partial charge in [-0.2, -0.15) is 13.2 Å². The first-order chi connectivity index (χ1) is 15.5. The van der Waals surface area contributed by atoms with E-state index in [9.17, 15) is 18.0 Å². The van der Waals surface area contributed by atoms with E-state index < -0.39 is 12.1 Å². The monoisotopic (exact) mass is 471 g/mol. The second-order valence-corrected chi connectivity index (χ2v) is 8.08. The van der Waals surface area contributed by atoms with Crippen LogP contribution in [0.1, 0.15) is 27.5 Å². The van der Waals surface area contributed by atoms with Crippen LogP contribution < -0.4 is 0 Å². The van der Waals surface area contributed by atoms with Gasteiger partial charge in [-0.1, -0.05) is 11.2 Å². The van der Waals surface area contributed by atoms with Crippen LogP contribution in [0, 0.1) is 25.2 Å². The Morgan fingerprint density at radius 2 is 2.06 bits per heavy atom. The second-order valence-electron chi connectivity index (χ2n) is 8.08. The number of rotatable bonds is 5. The summed E-state index contributed by atoms with van der Waals surface area (Å²) in [4.78, 5) is 28.0. The Morgan fingerprint density at radius 1 is 1.33 bits per heavy atom. The van der Waals surface area contributed by atoms with Crippen LogP contribution >= 0.6 is 0 Å². The predicted molar refractivity (Wildman–Crippen MR) is 106 cm³/mol. The Morgan fingerprint density at radius 3 is 2.64 bits per heavy atom. The molecule has 4 rings (SSSR count). The van der Waals surface area contributed by atoms with Crippen LogP contribution in [0.2, 0.25) is 0 Å². The lowest BCUT2D eigenvalue weighted by molar-refractivity contribution is -0.192. The molecule has 0 aromatic carbocycles. The summed E-state index contributed by atoms with van der Waals surface area (Å²) in [6.45, 7) is 7.18. The molecule has 2 aliphatic rings. The van der Waals surface area contributed by atoms with Gasteiger partial charge in [0.1, 0.15) is 11.3 Å². The Kier molecular flexibility index (Phi) is 7.38. The minimum absolute atomic E-state index is 0.0141. The number of carboxylic acids is 1. The van der Waals surface area contributed by atoms with E-state index in [0.717, 1.165) is 5.69 Å². The number of ether oxygens (including phenoxy) is 2. The molecule has 0 saturated carbocycles. The molecule has 33 heavy (non-hydrogen) atoms. The molecule has 2 saturated heterocycles. The summed E-state index contributed by atoms with van der Waals surface area (Å²) >= 11 is 0. The van der Waals surface area contributed by atoms with Crippen molar-refractivity contribution in [3.05, 3.63) is 47.1 Å². The minimum Gasteiger partial charge on any atom is -0.475 e. The quantitative estimate of drug-likeness (QED) is 0.708. The molecular weight excluding hydrogens is 447 g/mol. The lowest BCUT2D eigenvalue weighted by Gasteiger charge is -2.26. The molecule has 2 atom stereocenters. The molecule has 12 heteroatoms. The Hall–Kier alpha value is -2.99. The summed E-state index contributed by atoms with van der Waals surface area (Å²) in [6.07, 6.45) is -3.32. The van der Waals surface area contributed by atoms with Crippen molar-refractivity contribution in [3.63, 3.8) is 0 Å². The third kappa shape index (κ3) is 5.69. The highest BCUT2D eigenvalue weighted by atomic mass is 19.4. The average Bonchev–Trinajstić information content (AvgIpc) is 3.40. The number of aliphatic carboxylic acids is 1. The standard InChI is InChI=1S/C19H23N3O4.C2HF3O2/c1-13-17(14(2)26-21-13)18(23)22-7-15-8-24-11-19(15,10-22)12-25-9-16-5-3-4-6-20-16;3-2(4,5)1(6)7/h3-6,15H,7-12H2,1-2H3;(H,6,7)/t15-,19+;/m1./s1. The molecule has 0 radical (unpaired) electrons. The number of halogens is 3. The van der Waals surface area contributed by atoms with Gasteiger partial charge in [0.25, 0.3) is 5.91 Å². The summed E-state index contributed by atoms with van der Waals surface area (Å²) < 4.78 is 48.6. The smallest absolute Gasteiger partial charge is 0.475 e. The van der Waals surface area contributed by atoms with Crippen molar-refractivity contribution in [1.29, 1.82) is 0 Å². The van der Waals surface area contributed by atoms with Crippen LogP contribution in [0.3, 0.4) is 0 Å². The first kappa shape index (κ1) is 24.6. The van der Waals surface area contributed by atoms with E-state index in [1.165, 1.54) is 0 Å². The molecule has 1 N–H and O–H groups in total. The normalized spacial score (nSPS) is 22.0. The molecule has 0 unspecified atom stereocenters. The van der Waals surface area contributed by atoms with Crippen LogP contribution in [0.15, 0.2) is 28.9 Å². The lowest BCUT2D eigenvalue weighted by atomic mass is 9.82. The molecule has 2 aliphatic heterocycles. The third-order valence-corrected chi connectivity index (χ3v) is 5.66. The van der Waals surface area contributed by atoms with Crippen LogP contribution in [-0.4, -0.2) is 71.1 Å². The zero-order valence-electron chi connectivity index (χ0n) is 18.1. The number of aryl methyl sites for hydroxylation is 2. The van der Waals surface area contributed by atoms with Gasteiger partial charge in [-0.05, 0) is 26.0 Å². The van der Waals surface area contributed by atoms with E-state index in [0.29, 0.717) is 56.5 Å². The van der Waals surface area contributed by atoms with Gasteiger partial charge in [0, 0.05) is 30.6 Å². The fourth-order valence-electron chi connectivity index (χ4n) is 3.98. The number of amides is 1. The zero-order chi connectivity index (χ0) is 24.2. The molecule has 0 spiro atoms. The van der Waals surface area contributed by atoms with Gasteiger partial charge in [0.05, 0.1) is 37.8 Å². The highest BCUT2D eigenvalue weighted by molar-refractivity contribution is 5.96. The summed E-state index contributed by atoms with van der Waals surface area (Å²) in [6, 6.07) is 5.78. The summed E-state index contributed by atoms with van der Waals surface area (Å²) in [5.41, 5.74) is 1.97. The number of nitrogens with zero attached hydrogens (tertiary/aromatic N) is 3. The SMILES string of the molecule is Cc1noc(C)c1C(=O)N1C[C@@H]2COC[C@]2(COCc2ccccn2)C1.O=C(O)C(F)(F)F. The van der Waals surface area contributed by atoms with E-state index in [4.69, 9.17) is 23.9 Å². The summed E-state index contributed by atoms with van der Waals surface area (Å²) in [5.74, 6) is -1.91. The number of carbonyl (C=O) groups is 2. The first-order valence-corrected chi connectivity index (χ1v) is 10.1. The Labute approximate surface area is 187 Å². The Balaban J connectivity index is 0.000000383. The van der Waals surface area contributed by atoms with Gasteiger partial charge in [-0.15, -0.1) is 0 Å². The van der Waals surface area contributed by atoms with Crippen LogP contribution in [0.25, 0.3) is 0 Å². The minimum atomic E-state index is -5.08. The van der Waals surface area contributed by atoms with E-state index in [-0.39, 0.29) is 17.2 Å². The number of fused-ring (bicyclic) bond motifs is 1. The van der Waals surface area contributed by atoms with Crippen molar-refractivity contribution >= 4 is 11.9 Å². The number of aromatic nitrogens is 2. The number of carboxylic acid groups (broad SMARTS) is 1. The van der Waals surface area contributed by atoms with Gasteiger partial charge < -0.3 is 24.0 Å². The lowest BCUT2D eigenvalue weighted by Crippen LogP contribution is -2.37. The van der Waals surface area contributed by atoms with Crippen molar-refractivity contribution < 1.29 is 41.9 Å². The van der Waals surface area contributed by atoms with E-state index >= 15 is 0 Å². The second kappa shape index (κ2) is 9.87. The highest BCUT2D eigenvalue weighted by Gasteiger charge is 2.52. The van der Waals surface area contributed by atoms with Gasteiger partial charge >= 0.3 is 12.1 Å². The largest absolute Gasteiger partial charge is 0.490 e. The van der Waals surface area contributed by atoms with Crippen LogP contribution in [0.5, 0.6) is 0 Å². The fourth-order valence-corrected chi connectivity index (χ4v) is 3.98. The topological polar surface area (TPSA) is 115 Å². The van der Waals surface area contributed by atoms with Crippen molar-refractivity contribution in [2.45, 2.75) is 26.6 Å². The fraction of sp³-hybridized carbons (Fsp3) is 0.524. The number of likely N-dealkylation sites (tertiary alicyclic amines) is 1. The molecule has 2 aromatic rings. The molecule has 180 valence electrons. The maximum Gasteiger partial charge on any atom is 0.490 e. The van der Waals surface area contributed by atoms with Gasteiger partial charge in [0.15, 0.2) is 0 Å². The zero-order valence-corrected chi connectivity index (χ0v) is 18.1. The number of hydrogen-bond acceptors (Lipinski definition) is 7. The molecular formula is C21H24F3N3O6. The molecule has 2 fully saturated rings. The number of alkyl halides is 3.